The van der Waals surface area contributed by atoms with E-state index >= 15 is 0 Å². The Balaban J connectivity index is 2.49. The SMILES string of the molecule is CC(C)C[C@@]1(C(=O)O)N[C@H](C)Cc2ccsc21. The summed E-state index contributed by atoms with van der Waals surface area (Å²) in [5.41, 5.74) is 0.319. The van der Waals surface area contributed by atoms with Gasteiger partial charge in [-0.3, -0.25) is 5.32 Å². The van der Waals surface area contributed by atoms with Gasteiger partial charge in [0.15, 0.2) is 5.54 Å². The summed E-state index contributed by atoms with van der Waals surface area (Å²) in [6.07, 6.45) is 1.56. The van der Waals surface area contributed by atoms with Crippen LogP contribution in [0.15, 0.2) is 11.4 Å². The van der Waals surface area contributed by atoms with Crippen LogP contribution in [0.5, 0.6) is 0 Å². The van der Waals surface area contributed by atoms with Crippen molar-refractivity contribution in [1.29, 1.82) is 0 Å². The van der Waals surface area contributed by atoms with Crippen LogP contribution in [-0.4, -0.2) is 17.1 Å². The molecule has 0 amide bonds. The molecule has 17 heavy (non-hydrogen) atoms. The van der Waals surface area contributed by atoms with Crippen LogP contribution in [0.3, 0.4) is 0 Å². The molecule has 0 fully saturated rings. The van der Waals surface area contributed by atoms with Gasteiger partial charge in [0, 0.05) is 10.9 Å². The Morgan fingerprint density at radius 2 is 2.41 bits per heavy atom. The summed E-state index contributed by atoms with van der Waals surface area (Å²) in [6, 6.07) is 2.28. The van der Waals surface area contributed by atoms with E-state index in [2.05, 4.69) is 32.2 Å². The van der Waals surface area contributed by atoms with Crippen LogP contribution >= 0.6 is 11.3 Å². The van der Waals surface area contributed by atoms with Crippen molar-refractivity contribution in [1.82, 2.24) is 5.32 Å². The highest BCUT2D eigenvalue weighted by Gasteiger charge is 2.46. The molecule has 1 aromatic heterocycles. The molecule has 0 unspecified atom stereocenters. The van der Waals surface area contributed by atoms with Crippen LogP contribution in [-0.2, 0) is 16.8 Å². The second-order valence-electron chi connectivity index (χ2n) is 5.33. The predicted octanol–water partition coefficient (Wildman–Crippen LogP) is 2.61. The summed E-state index contributed by atoms with van der Waals surface area (Å²) in [7, 11) is 0. The van der Waals surface area contributed by atoms with E-state index in [1.54, 1.807) is 11.3 Å². The quantitative estimate of drug-likeness (QED) is 0.870. The minimum Gasteiger partial charge on any atom is -0.480 e. The summed E-state index contributed by atoms with van der Waals surface area (Å²) in [4.78, 5) is 12.8. The van der Waals surface area contributed by atoms with Crippen molar-refractivity contribution in [3.63, 3.8) is 0 Å². The molecule has 2 rings (SSSR count). The lowest BCUT2D eigenvalue weighted by molar-refractivity contribution is -0.146. The smallest absolute Gasteiger partial charge is 0.329 e. The molecule has 0 aliphatic carbocycles. The van der Waals surface area contributed by atoms with Crippen molar-refractivity contribution in [3.05, 3.63) is 21.9 Å². The Hall–Kier alpha value is -0.870. The van der Waals surface area contributed by atoms with Gasteiger partial charge in [0.2, 0.25) is 0 Å². The number of carboxylic acids is 1. The van der Waals surface area contributed by atoms with Gasteiger partial charge in [-0.2, -0.15) is 0 Å². The van der Waals surface area contributed by atoms with Gasteiger partial charge in [-0.1, -0.05) is 13.8 Å². The molecule has 94 valence electrons. The van der Waals surface area contributed by atoms with Gasteiger partial charge >= 0.3 is 5.97 Å². The maximum Gasteiger partial charge on any atom is 0.329 e. The minimum atomic E-state index is -0.880. The van der Waals surface area contributed by atoms with Crippen LogP contribution in [0, 0.1) is 5.92 Å². The lowest BCUT2D eigenvalue weighted by Crippen LogP contribution is -2.56. The summed E-state index contributed by atoms with van der Waals surface area (Å²) >= 11 is 1.56. The number of hydrogen-bond donors (Lipinski definition) is 2. The van der Waals surface area contributed by atoms with Crippen molar-refractivity contribution < 1.29 is 9.90 Å². The third-order valence-corrected chi connectivity index (χ3v) is 4.35. The Bertz CT molecular complexity index is 427. The zero-order valence-corrected chi connectivity index (χ0v) is 11.3. The fourth-order valence-corrected chi connectivity index (χ4v) is 3.85. The third-order valence-electron chi connectivity index (χ3n) is 3.23. The normalized spacial score (nSPS) is 28.1. The van der Waals surface area contributed by atoms with Crippen LogP contribution < -0.4 is 5.32 Å². The number of carbonyl (C=O) groups is 1. The Kier molecular flexibility index (Phi) is 3.27. The van der Waals surface area contributed by atoms with E-state index in [9.17, 15) is 9.90 Å². The number of nitrogens with one attached hydrogen (secondary N) is 1. The molecular weight excluding hydrogens is 234 g/mol. The molecule has 1 aliphatic heterocycles. The van der Waals surface area contributed by atoms with Gasteiger partial charge < -0.3 is 5.11 Å². The van der Waals surface area contributed by atoms with E-state index in [0.717, 1.165) is 11.3 Å². The van der Waals surface area contributed by atoms with E-state index in [0.29, 0.717) is 12.3 Å². The average molecular weight is 253 g/mol. The highest BCUT2D eigenvalue weighted by molar-refractivity contribution is 7.10. The fourth-order valence-electron chi connectivity index (χ4n) is 2.75. The van der Waals surface area contributed by atoms with Crippen LogP contribution in [0.25, 0.3) is 0 Å². The van der Waals surface area contributed by atoms with Gasteiger partial charge in [0.1, 0.15) is 0 Å². The average Bonchev–Trinajstić information content (AvgIpc) is 2.64. The summed E-state index contributed by atoms with van der Waals surface area (Å²) in [6.45, 7) is 6.19. The first-order valence-corrected chi connectivity index (χ1v) is 6.91. The number of hydrogen-bond acceptors (Lipinski definition) is 3. The summed E-state index contributed by atoms with van der Waals surface area (Å²) < 4.78 is 0. The highest BCUT2D eigenvalue weighted by Crippen LogP contribution is 2.39. The predicted molar refractivity (Wildman–Crippen MR) is 69.4 cm³/mol. The molecule has 0 radical (unpaired) electrons. The number of aliphatic carboxylic acids is 1. The van der Waals surface area contributed by atoms with Crippen molar-refractivity contribution in [2.45, 2.75) is 45.2 Å². The molecule has 0 bridgehead atoms. The molecule has 1 aliphatic rings. The minimum absolute atomic E-state index is 0.215. The van der Waals surface area contributed by atoms with Crippen molar-refractivity contribution in [2.24, 2.45) is 5.92 Å². The molecule has 0 spiro atoms. The monoisotopic (exact) mass is 253 g/mol. The number of carboxylic acid groups (broad SMARTS) is 1. The molecule has 0 saturated heterocycles. The maximum absolute atomic E-state index is 11.8. The lowest BCUT2D eigenvalue weighted by Gasteiger charge is -2.39. The van der Waals surface area contributed by atoms with Gasteiger partial charge in [0.25, 0.3) is 0 Å². The highest BCUT2D eigenvalue weighted by atomic mass is 32.1. The number of thiophene rings is 1. The molecule has 2 N–H and O–H groups in total. The first-order valence-electron chi connectivity index (χ1n) is 6.03. The lowest BCUT2D eigenvalue weighted by atomic mass is 9.81. The zero-order chi connectivity index (χ0) is 12.6. The standard InChI is InChI=1S/C13H19NO2S/c1-8(2)7-13(12(15)16)11-10(4-5-17-11)6-9(3)14-13/h4-5,8-9,14H,6-7H2,1-3H3,(H,15,16)/t9-,13-/m1/s1. The second kappa shape index (κ2) is 4.42. The Morgan fingerprint density at radius 3 is 3.00 bits per heavy atom. The van der Waals surface area contributed by atoms with E-state index < -0.39 is 11.5 Å². The van der Waals surface area contributed by atoms with Gasteiger partial charge in [0.05, 0.1) is 0 Å². The molecule has 2 atom stereocenters. The first kappa shape index (κ1) is 12.6. The van der Waals surface area contributed by atoms with Gasteiger partial charge in [-0.25, -0.2) is 4.79 Å². The summed E-state index contributed by atoms with van der Waals surface area (Å²) in [5.74, 6) is -0.402. The van der Waals surface area contributed by atoms with Crippen molar-refractivity contribution in [2.75, 3.05) is 0 Å². The molecular formula is C13H19NO2S. The van der Waals surface area contributed by atoms with Crippen LogP contribution in [0.2, 0.25) is 0 Å². The first-order chi connectivity index (χ1) is 7.95. The van der Waals surface area contributed by atoms with Crippen LogP contribution in [0.1, 0.15) is 37.6 Å². The molecule has 0 saturated carbocycles. The molecule has 3 nitrogen and oxygen atoms in total. The fraction of sp³-hybridized carbons (Fsp3) is 0.615. The number of rotatable bonds is 3. The van der Waals surface area contributed by atoms with E-state index in [1.807, 2.05) is 5.38 Å². The third kappa shape index (κ3) is 2.11. The van der Waals surface area contributed by atoms with Crippen molar-refractivity contribution >= 4 is 17.3 Å². The van der Waals surface area contributed by atoms with E-state index in [1.165, 1.54) is 5.56 Å². The Morgan fingerprint density at radius 1 is 1.71 bits per heavy atom. The van der Waals surface area contributed by atoms with Crippen molar-refractivity contribution in [3.8, 4) is 0 Å². The maximum atomic E-state index is 11.8. The Labute approximate surface area is 106 Å². The molecule has 1 aromatic rings. The largest absolute Gasteiger partial charge is 0.480 e. The second-order valence-corrected chi connectivity index (χ2v) is 6.25. The zero-order valence-electron chi connectivity index (χ0n) is 10.5. The number of fused-ring (bicyclic) bond motifs is 1. The summed E-state index contributed by atoms with van der Waals surface area (Å²) in [5, 5.41) is 15.0. The molecule has 0 aromatic carbocycles. The molecule has 4 heteroatoms. The van der Waals surface area contributed by atoms with E-state index in [4.69, 9.17) is 0 Å². The van der Waals surface area contributed by atoms with Crippen LogP contribution in [0.4, 0.5) is 0 Å². The topological polar surface area (TPSA) is 49.3 Å². The molecule has 2 heterocycles. The van der Waals surface area contributed by atoms with Gasteiger partial charge in [-0.05, 0) is 42.7 Å². The van der Waals surface area contributed by atoms with Gasteiger partial charge in [-0.15, -0.1) is 11.3 Å². The van der Waals surface area contributed by atoms with E-state index in [-0.39, 0.29) is 6.04 Å².